The Morgan fingerprint density at radius 3 is 2.22 bits per heavy atom. The van der Waals surface area contributed by atoms with Crippen LogP contribution in [0.15, 0.2) is 0 Å². The van der Waals surface area contributed by atoms with Gasteiger partial charge in [-0.25, -0.2) is 8.51 Å². The molecular formula is C14H27NOSSi. The Morgan fingerprint density at radius 1 is 1.28 bits per heavy atom. The Bertz CT molecular complexity index is 383. The predicted octanol–water partition coefficient (Wildman–Crippen LogP) is 3.18. The molecule has 0 bridgehead atoms. The molecule has 0 aliphatic carbocycles. The summed E-state index contributed by atoms with van der Waals surface area (Å²) in [7, 11) is -2.25. The molecule has 0 aromatic rings. The second-order valence-corrected chi connectivity index (χ2v) is 13.9. The molecule has 1 aliphatic rings. The van der Waals surface area contributed by atoms with Gasteiger partial charge in [-0.05, 0) is 27.2 Å². The van der Waals surface area contributed by atoms with Crippen molar-refractivity contribution in [3.63, 3.8) is 0 Å². The maximum absolute atomic E-state index is 12.4. The zero-order valence-electron chi connectivity index (χ0n) is 12.8. The van der Waals surface area contributed by atoms with Crippen molar-refractivity contribution >= 4 is 19.1 Å². The van der Waals surface area contributed by atoms with E-state index in [9.17, 15) is 4.21 Å². The van der Waals surface area contributed by atoms with Crippen molar-refractivity contribution in [2.75, 3.05) is 0 Å². The first kappa shape index (κ1) is 15.9. The highest BCUT2D eigenvalue weighted by Gasteiger charge is 2.52. The van der Waals surface area contributed by atoms with Crippen molar-refractivity contribution in [3.8, 4) is 11.5 Å². The van der Waals surface area contributed by atoms with E-state index in [1.54, 1.807) is 0 Å². The highest BCUT2D eigenvalue weighted by atomic mass is 32.2. The lowest BCUT2D eigenvalue weighted by Gasteiger charge is -2.18. The lowest BCUT2D eigenvalue weighted by Crippen LogP contribution is -2.28. The van der Waals surface area contributed by atoms with Gasteiger partial charge in [-0.15, -0.1) is 5.54 Å². The van der Waals surface area contributed by atoms with Crippen molar-refractivity contribution < 1.29 is 4.21 Å². The summed E-state index contributed by atoms with van der Waals surface area (Å²) in [4.78, 5) is 0. The average Bonchev–Trinajstić information content (AvgIpc) is 2.85. The Kier molecular flexibility index (Phi) is 4.85. The third-order valence-electron chi connectivity index (χ3n) is 2.77. The summed E-state index contributed by atoms with van der Waals surface area (Å²) in [5, 5.41) is 0. The Balaban J connectivity index is 2.79. The van der Waals surface area contributed by atoms with Gasteiger partial charge < -0.3 is 0 Å². The third-order valence-corrected chi connectivity index (χ3v) is 5.59. The van der Waals surface area contributed by atoms with Crippen LogP contribution in [-0.2, 0) is 11.0 Å². The minimum Gasteiger partial charge on any atom is -0.242 e. The molecule has 1 unspecified atom stereocenters. The Labute approximate surface area is 116 Å². The minimum absolute atomic E-state index is 0.179. The molecule has 2 nitrogen and oxygen atoms in total. The van der Waals surface area contributed by atoms with E-state index < -0.39 is 19.1 Å². The molecule has 0 aromatic carbocycles. The molecule has 0 N–H and O–H groups in total. The lowest BCUT2D eigenvalue weighted by molar-refractivity contribution is 0.592. The van der Waals surface area contributed by atoms with Crippen molar-refractivity contribution in [2.45, 2.75) is 77.0 Å². The van der Waals surface area contributed by atoms with Gasteiger partial charge in [-0.1, -0.05) is 38.9 Å². The zero-order chi connectivity index (χ0) is 14.1. The van der Waals surface area contributed by atoms with Crippen LogP contribution in [-0.4, -0.2) is 33.4 Å². The van der Waals surface area contributed by atoms with E-state index in [1.165, 1.54) is 0 Å². The molecule has 1 heterocycles. The summed E-state index contributed by atoms with van der Waals surface area (Å²) in [6.45, 7) is 15.0. The van der Waals surface area contributed by atoms with Crippen molar-refractivity contribution in [1.29, 1.82) is 0 Å². The summed E-state index contributed by atoms with van der Waals surface area (Å²) < 4.78 is 14.4. The molecule has 4 atom stereocenters. The second-order valence-electron chi connectivity index (χ2n) is 7.04. The molecule has 4 heteroatoms. The van der Waals surface area contributed by atoms with Gasteiger partial charge in [0.1, 0.15) is 19.1 Å². The summed E-state index contributed by atoms with van der Waals surface area (Å²) in [6.07, 6.45) is 2.24. The molecule has 0 amide bonds. The van der Waals surface area contributed by atoms with Crippen LogP contribution >= 0.6 is 0 Å². The van der Waals surface area contributed by atoms with Gasteiger partial charge in [0.2, 0.25) is 0 Å². The van der Waals surface area contributed by atoms with Crippen LogP contribution in [0.5, 0.6) is 0 Å². The van der Waals surface area contributed by atoms with E-state index in [-0.39, 0.29) is 10.8 Å². The first-order chi connectivity index (χ1) is 8.08. The molecule has 1 fully saturated rings. The Hall–Kier alpha value is -0.113. The van der Waals surface area contributed by atoms with E-state index in [2.05, 4.69) is 42.3 Å². The summed E-state index contributed by atoms with van der Waals surface area (Å²) in [5.41, 5.74) is 3.42. The number of nitrogens with zero attached hydrogens (tertiary/aromatic N) is 1. The largest absolute Gasteiger partial charge is 0.242 e. The van der Waals surface area contributed by atoms with Gasteiger partial charge in [0.05, 0.1) is 16.8 Å². The number of hydrogen-bond acceptors (Lipinski definition) is 1. The van der Waals surface area contributed by atoms with Crippen LogP contribution in [0.1, 0.15) is 40.5 Å². The highest BCUT2D eigenvalue weighted by Crippen LogP contribution is 2.37. The first-order valence-corrected chi connectivity index (χ1v) is 11.4. The fourth-order valence-electron chi connectivity index (χ4n) is 1.83. The topological polar surface area (TPSA) is 20.1 Å². The van der Waals surface area contributed by atoms with E-state index in [0.717, 1.165) is 12.8 Å². The van der Waals surface area contributed by atoms with E-state index in [4.69, 9.17) is 0 Å². The van der Waals surface area contributed by atoms with Gasteiger partial charge in [0.25, 0.3) is 0 Å². The minimum atomic E-state index is -1.33. The standard InChI is InChI=1S/C14H27NOSSi/c1-8-9-12-13(10-11-18(5,6)7)15(12)17(16)14(2,3)4/h12-13H,8-9H2,1-7H3/t12-,13-,15?,17-/m1/s1. The van der Waals surface area contributed by atoms with Gasteiger partial charge in [0, 0.05) is 0 Å². The van der Waals surface area contributed by atoms with Crippen LogP contribution in [0.25, 0.3) is 0 Å². The number of hydrogen-bond donors (Lipinski definition) is 0. The Morgan fingerprint density at radius 2 is 1.83 bits per heavy atom. The zero-order valence-corrected chi connectivity index (χ0v) is 14.6. The highest BCUT2D eigenvalue weighted by molar-refractivity contribution is 7.84. The monoisotopic (exact) mass is 285 g/mol. The molecular weight excluding hydrogens is 258 g/mol. The van der Waals surface area contributed by atoms with Crippen molar-refractivity contribution in [2.24, 2.45) is 0 Å². The molecule has 18 heavy (non-hydrogen) atoms. The number of rotatable bonds is 3. The molecule has 1 aliphatic heterocycles. The SMILES string of the molecule is CCC[C@@H]1[C@@H](C#C[Si](C)(C)C)N1[S@](=O)C(C)(C)C. The van der Waals surface area contributed by atoms with Crippen LogP contribution < -0.4 is 0 Å². The quantitative estimate of drug-likeness (QED) is 0.443. The normalized spacial score (nSPS) is 29.4. The van der Waals surface area contributed by atoms with Crippen molar-refractivity contribution in [1.82, 2.24) is 4.31 Å². The molecule has 0 aromatic heterocycles. The lowest BCUT2D eigenvalue weighted by atomic mass is 10.2. The van der Waals surface area contributed by atoms with Crippen LogP contribution in [0.4, 0.5) is 0 Å². The van der Waals surface area contributed by atoms with Gasteiger partial charge >= 0.3 is 0 Å². The third kappa shape index (κ3) is 4.22. The van der Waals surface area contributed by atoms with Crippen molar-refractivity contribution in [3.05, 3.63) is 0 Å². The summed E-state index contributed by atoms with van der Waals surface area (Å²) >= 11 is 0. The first-order valence-electron chi connectivity index (χ1n) is 6.81. The van der Waals surface area contributed by atoms with Gasteiger partial charge in [-0.3, -0.25) is 0 Å². The van der Waals surface area contributed by atoms with Crippen LogP contribution in [0.2, 0.25) is 19.6 Å². The molecule has 0 spiro atoms. The van der Waals surface area contributed by atoms with Crippen LogP contribution in [0.3, 0.4) is 0 Å². The average molecular weight is 286 g/mol. The van der Waals surface area contributed by atoms with Gasteiger partial charge in [0.15, 0.2) is 0 Å². The van der Waals surface area contributed by atoms with E-state index >= 15 is 0 Å². The maximum Gasteiger partial charge on any atom is 0.129 e. The molecule has 1 saturated heterocycles. The fourth-order valence-corrected chi connectivity index (χ4v) is 3.86. The molecule has 104 valence electrons. The second kappa shape index (κ2) is 5.48. The molecule has 1 rings (SSSR count). The summed E-state index contributed by atoms with van der Waals surface area (Å²) in [5.74, 6) is 3.38. The van der Waals surface area contributed by atoms with Crippen LogP contribution in [0, 0.1) is 11.5 Å². The smallest absolute Gasteiger partial charge is 0.129 e. The summed E-state index contributed by atoms with van der Waals surface area (Å²) in [6, 6.07) is 0.649. The fraction of sp³-hybridized carbons (Fsp3) is 0.857. The molecule has 0 radical (unpaired) electrons. The molecule has 0 saturated carbocycles. The predicted molar refractivity (Wildman–Crippen MR) is 83.3 cm³/mol. The van der Waals surface area contributed by atoms with Gasteiger partial charge in [-0.2, -0.15) is 0 Å². The van der Waals surface area contributed by atoms with E-state index in [1.807, 2.05) is 20.8 Å². The van der Waals surface area contributed by atoms with E-state index in [0.29, 0.717) is 6.04 Å². The maximum atomic E-state index is 12.4.